The van der Waals surface area contributed by atoms with Gasteiger partial charge in [0, 0.05) is 96.4 Å². The molecule has 4 saturated heterocycles. The number of H-pyrrole nitrogens is 1. The van der Waals surface area contributed by atoms with Gasteiger partial charge in [-0.3, -0.25) is 19.2 Å². The Bertz CT molecular complexity index is 4760. The number of carboxylic acid groups (broad SMARTS) is 3. The highest BCUT2D eigenvalue weighted by Gasteiger charge is 2.51. The van der Waals surface area contributed by atoms with E-state index in [0.717, 1.165) is 110 Å². The number of amides is 4. The van der Waals surface area contributed by atoms with E-state index in [-0.39, 0.29) is 80.4 Å². The van der Waals surface area contributed by atoms with Gasteiger partial charge in [-0.25, -0.2) is 19.4 Å². The van der Waals surface area contributed by atoms with Crippen LogP contribution in [0.1, 0.15) is 176 Å². The van der Waals surface area contributed by atoms with E-state index in [1.54, 1.807) is 39.3 Å². The third-order valence-electron chi connectivity index (χ3n) is 22.8. The molecule has 9 aromatic rings. The monoisotopic (exact) mass is 1730 g/mol. The Morgan fingerprint density at radius 1 is 0.484 bits per heavy atom. The third kappa shape index (κ3) is 23.2. The van der Waals surface area contributed by atoms with E-state index in [4.69, 9.17) is 19.7 Å². The second kappa shape index (κ2) is 41.7. The highest BCUT2D eigenvalue weighted by Crippen LogP contribution is 2.53. The lowest BCUT2D eigenvalue weighted by atomic mass is 9.89. The maximum atomic E-state index is 14.4. The number of nitrogens with zero attached hydrogens (tertiary/aromatic N) is 10. The van der Waals surface area contributed by atoms with Crippen LogP contribution in [0.5, 0.6) is 0 Å². The fourth-order valence-corrected chi connectivity index (χ4v) is 18.2. The molecule has 33 heteroatoms. The summed E-state index contributed by atoms with van der Waals surface area (Å²) in [6, 6.07) is 41.5. The van der Waals surface area contributed by atoms with Gasteiger partial charge >= 0.3 is 29.8 Å². The maximum Gasteiger partial charge on any atom is 0.373 e. The van der Waals surface area contributed by atoms with Crippen molar-refractivity contribution in [1.29, 1.82) is 0 Å². The number of benzene rings is 4. The summed E-state index contributed by atoms with van der Waals surface area (Å²) in [5.41, 5.74) is 1.49. The molecule has 4 aliphatic heterocycles. The molecule has 8 N–H and O–H groups in total. The van der Waals surface area contributed by atoms with Crippen molar-refractivity contribution in [2.24, 2.45) is 0 Å². The molecule has 6 aliphatic rings. The minimum absolute atomic E-state index is 0.0247. The summed E-state index contributed by atoms with van der Waals surface area (Å²) in [6.07, 6.45) is 22.3. The molecule has 6 fully saturated rings. The van der Waals surface area contributed by atoms with Crippen LogP contribution >= 0.6 is 34.0 Å². The molecule has 8 atom stereocenters. The predicted octanol–water partition coefficient (Wildman–Crippen LogP) is 13.4. The average molecular weight is 1730 g/mol. The van der Waals surface area contributed by atoms with Gasteiger partial charge in [-0.15, -0.1) is 43.1 Å². The first-order valence-electron chi connectivity index (χ1n) is 40.7. The first-order valence-corrected chi connectivity index (χ1v) is 43.2. The lowest BCUT2D eigenvalue weighted by Crippen LogP contribution is -2.34. The predicted molar refractivity (Wildman–Crippen MR) is 447 cm³/mol. The van der Waals surface area contributed by atoms with E-state index in [1.807, 2.05) is 76.6 Å². The van der Waals surface area contributed by atoms with Crippen molar-refractivity contribution in [2.75, 3.05) is 26.2 Å². The summed E-state index contributed by atoms with van der Waals surface area (Å²) in [7, 11) is 0. The van der Waals surface area contributed by atoms with Gasteiger partial charge in [0.15, 0.2) is 5.89 Å². The van der Waals surface area contributed by atoms with E-state index >= 15 is 0 Å². The van der Waals surface area contributed by atoms with E-state index in [1.165, 1.54) is 88.0 Å². The van der Waals surface area contributed by atoms with E-state index in [2.05, 4.69) is 72.2 Å². The Morgan fingerprint density at radius 2 is 0.893 bits per heavy atom. The number of aryl methyl sites for hydroxylation is 4. The molecule has 644 valence electrons. The van der Waals surface area contributed by atoms with Gasteiger partial charge in [0.2, 0.25) is 40.2 Å². The molecular weight excluding hydrogens is 1640 g/mol. The lowest BCUT2D eigenvalue weighted by molar-refractivity contribution is -0.129. The number of carboxylic acids is 3. The summed E-state index contributed by atoms with van der Waals surface area (Å²) in [6.45, 7) is 2.09. The lowest BCUT2D eigenvalue weighted by Gasteiger charge is -2.24. The number of carbonyl (C=O) groups excluding carboxylic acids is 4. The molecule has 0 radical (unpaired) electrons. The van der Waals surface area contributed by atoms with E-state index in [0.29, 0.717) is 99.6 Å². The zero-order valence-corrected chi connectivity index (χ0v) is 69.2. The van der Waals surface area contributed by atoms with Crippen LogP contribution in [0.3, 0.4) is 0 Å². The van der Waals surface area contributed by atoms with Crippen molar-refractivity contribution in [2.45, 2.75) is 200 Å². The van der Waals surface area contributed by atoms with Gasteiger partial charge in [0.1, 0.15) is 22.1 Å². The number of rotatable bonds is 36. The molecule has 2 aliphatic carbocycles. The van der Waals surface area contributed by atoms with Crippen molar-refractivity contribution < 1.29 is 91.3 Å². The zero-order chi connectivity index (χ0) is 86.6. The Labute approximate surface area is 713 Å². The van der Waals surface area contributed by atoms with Crippen molar-refractivity contribution in [1.82, 2.24) is 55.4 Å². The van der Waals surface area contributed by atoms with Crippen LogP contribution in [0.25, 0.3) is 10.7 Å². The Balaban J connectivity index is 0.000000149. The molecule has 0 spiro atoms. The number of carbonyl (C=O) groups is 7. The van der Waals surface area contributed by atoms with Crippen LogP contribution in [0, 0.1) is 0 Å². The number of tetrazole rings is 1. The third-order valence-corrected chi connectivity index (χ3v) is 26.0. The van der Waals surface area contributed by atoms with Gasteiger partial charge in [-0.2, -0.15) is 22.8 Å². The van der Waals surface area contributed by atoms with Gasteiger partial charge in [-0.05, 0) is 130 Å². The summed E-state index contributed by atoms with van der Waals surface area (Å²) < 4.78 is 62.7. The number of alkyl halides is 4. The maximum absolute atomic E-state index is 14.4. The highest BCUT2D eigenvalue weighted by molar-refractivity contribution is 7.15. The number of aliphatic hydroxyl groups excluding tert-OH is 4. The molecule has 122 heavy (non-hydrogen) atoms. The zero-order valence-electron chi connectivity index (χ0n) is 66.7. The SMILES string of the molecule is O=C(O)c1ccc(CCCN2C(=O)CC[C@@H]2/C=C/C(O)C2(c3ccccc3)CC2)s1.O=C(O)c1cnc(CCCN2C(=O)CC[C@@H]2/C=C/C(O)C(F)(F)c2ccccc2)o1.O=C(O)c1nnc(CCCN2C(=O)CC[C@@H]2/C=C/C(O)C(F)(F)c2ccccc2)s1.O=C1CC[C@H](/C=C/C(O)C2(c3ccccc3)CC2)N1CCCc1ccc(-c2nn[nH]n2)s1. The normalized spacial score (nSPS) is 19.7. The van der Waals surface area contributed by atoms with Crippen LogP contribution < -0.4 is 0 Å². The van der Waals surface area contributed by atoms with Crippen LogP contribution in [0.4, 0.5) is 17.6 Å². The van der Waals surface area contributed by atoms with Gasteiger partial charge in [0.05, 0.1) is 47.4 Å². The number of hydrogen-bond acceptors (Lipinski definition) is 21. The molecule has 4 aromatic carbocycles. The molecular formula is C89H97F4N11O15S3. The number of thiophene rings is 2. The Morgan fingerprint density at radius 3 is 1.28 bits per heavy atom. The van der Waals surface area contributed by atoms with Gasteiger partial charge in [0.25, 0.3) is 0 Å². The highest BCUT2D eigenvalue weighted by atomic mass is 32.1. The summed E-state index contributed by atoms with van der Waals surface area (Å²) in [5, 5.41) is 90.5. The molecule has 0 bridgehead atoms. The van der Waals surface area contributed by atoms with Crippen molar-refractivity contribution in [3.63, 3.8) is 0 Å². The number of aromatic nitrogens is 7. The minimum atomic E-state index is -3.45. The molecule has 26 nitrogen and oxygen atoms in total. The van der Waals surface area contributed by atoms with Crippen LogP contribution in [0.2, 0.25) is 0 Å². The van der Waals surface area contributed by atoms with Crippen LogP contribution in [-0.4, -0.2) is 207 Å². The topological polar surface area (TPSA) is 380 Å². The average Bonchev–Trinajstić information content (AvgIpc) is 1.61. The second-order valence-electron chi connectivity index (χ2n) is 30.8. The van der Waals surface area contributed by atoms with Crippen molar-refractivity contribution in [3.8, 4) is 10.7 Å². The first kappa shape index (κ1) is 90.2. The number of oxazole rings is 1. The molecule has 9 heterocycles. The number of nitrogens with one attached hydrogen (secondary N) is 1. The standard InChI is InChI=1S/C24H27N5O2S.C24H27NO4S.C21H22F2N2O5.C20H21F2N3O4S/c30-21(24(14-15-24)17-5-2-1-3-6-17)12-8-18-9-13-22(31)29(18)16-4-7-19-10-11-20(32-19)23-25-27-28-26-23;26-21(24(14-15-24)17-5-2-1-3-6-17)12-8-18-9-13-22(27)25(18)16-4-7-19-10-11-20(30-19)23(28)29;22-21(23,14-5-2-1-3-6-14)17(26)10-8-15-9-11-19(27)25(15)12-4-7-18-24-13-16(30-18)20(28)29;21-20(22,13-5-2-1-3-6-13)15(26)10-8-14-9-11-17(27)25(14)12-4-7-16-23-24-18(30-16)19(28)29/h1-3,5-6,8,10-12,18,21,30H,4,7,9,13-16H2,(H,25,26,27,28);1-3,5-6,8,10-12,18,21,26H,4,7,9,13-16H2,(H,28,29);1-3,5-6,8,10,13,15,17,26H,4,7,9,11-12H2,(H,28,29);1-3,5-6,8,10,14-15,26H,4,7,9,11-12H2,(H,28,29)/b2*12-8+;2*10-8+/t2*18-,21?;15-,17?;14-,15?/m0000/s1. The van der Waals surface area contributed by atoms with E-state index in [9.17, 15) is 71.5 Å². The van der Waals surface area contributed by atoms with Crippen LogP contribution in [-0.2, 0) is 67.5 Å². The minimum Gasteiger partial charge on any atom is -0.477 e. The molecule has 2 saturated carbocycles. The number of aromatic amines is 1. The number of halogens is 4. The fraction of sp³-hybridized carbons (Fsp3) is 0.404. The summed E-state index contributed by atoms with van der Waals surface area (Å²) in [5.74, 6) is -9.34. The summed E-state index contributed by atoms with van der Waals surface area (Å²) >= 11 is 3.94. The Kier molecular flexibility index (Phi) is 30.8. The van der Waals surface area contributed by atoms with Gasteiger partial charge < -0.3 is 59.8 Å². The number of aromatic carboxylic acids is 3. The Hall–Kier alpha value is -11.1. The smallest absolute Gasteiger partial charge is 0.373 e. The number of likely N-dealkylation sites (tertiary alicyclic amines) is 4. The quantitative estimate of drug-likeness (QED) is 0.0134. The second-order valence-corrected chi connectivity index (χ2v) is 34.2. The largest absolute Gasteiger partial charge is 0.477 e. The molecule has 15 rings (SSSR count). The summed E-state index contributed by atoms with van der Waals surface area (Å²) in [4.78, 5) is 96.3. The number of hydrogen-bond donors (Lipinski definition) is 8. The number of aliphatic hydroxyl groups is 4. The van der Waals surface area contributed by atoms with Crippen LogP contribution in [0.15, 0.2) is 205 Å². The van der Waals surface area contributed by atoms with Gasteiger partial charge in [-0.1, -0.05) is 181 Å². The van der Waals surface area contributed by atoms with E-state index < -0.39 is 60.2 Å². The molecule has 5 aromatic heterocycles. The molecule has 4 amide bonds. The molecule has 4 unspecified atom stereocenters. The first-order chi connectivity index (χ1) is 58.7. The van der Waals surface area contributed by atoms with Crippen molar-refractivity contribution in [3.05, 3.63) is 259 Å². The van der Waals surface area contributed by atoms with Crippen molar-refractivity contribution >= 4 is 75.5 Å². The fourth-order valence-electron chi connectivity index (χ4n) is 15.7.